The largest absolute Gasteiger partial charge is 0.392 e. The van der Waals surface area contributed by atoms with Crippen molar-refractivity contribution < 1.29 is 4.79 Å². The molecular weight excluding hydrogens is 270 g/mol. The number of piperidine rings is 1. The van der Waals surface area contributed by atoms with Gasteiger partial charge in [0.05, 0.1) is 10.4 Å². The Kier molecular flexibility index (Phi) is 5.02. The summed E-state index contributed by atoms with van der Waals surface area (Å²) in [4.78, 5) is 15.5. The molecule has 0 aromatic carbocycles. The Hall–Kier alpha value is -0.680. The molecule has 2 atom stereocenters. The van der Waals surface area contributed by atoms with Gasteiger partial charge in [0.1, 0.15) is 0 Å². The Balaban J connectivity index is 1.98. The minimum Gasteiger partial charge on any atom is -0.392 e. The number of nitrogens with one attached hydrogen (secondary N) is 1. The molecule has 0 bridgehead atoms. The van der Waals surface area contributed by atoms with E-state index in [0.29, 0.717) is 23.9 Å². The molecule has 2 saturated heterocycles. The number of thiocarbonyl (C=S) groups is 1. The highest BCUT2D eigenvalue weighted by molar-refractivity contribution is 7.80. The second-order valence-corrected chi connectivity index (χ2v) is 6.62. The van der Waals surface area contributed by atoms with Crippen LogP contribution in [0.15, 0.2) is 0 Å². The van der Waals surface area contributed by atoms with Crippen molar-refractivity contribution in [3.8, 4) is 0 Å². The van der Waals surface area contributed by atoms with Gasteiger partial charge in [0.2, 0.25) is 5.91 Å². The topological polar surface area (TPSA) is 58.4 Å². The number of fused-ring (bicyclic) bond motifs is 1. The molecule has 5 heteroatoms. The zero-order valence-corrected chi connectivity index (χ0v) is 13.5. The van der Waals surface area contributed by atoms with Gasteiger partial charge in [-0.1, -0.05) is 26.1 Å². The molecule has 114 valence electrons. The highest BCUT2D eigenvalue weighted by atomic mass is 32.1. The second-order valence-electron chi connectivity index (χ2n) is 6.18. The number of nitrogens with zero attached hydrogens (tertiary/aromatic N) is 1. The monoisotopic (exact) mass is 297 g/mol. The fourth-order valence-corrected chi connectivity index (χ4v) is 4.09. The average molecular weight is 297 g/mol. The van der Waals surface area contributed by atoms with E-state index in [1.54, 1.807) is 0 Å². The molecule has 3 N–H and O–H groups in total. The van der Waals surface area contributed by atoms with Crippen molar-refractivity contribution in [2.24, 2.45) is 11.1 Å². The Morgan fingerprint density at radius 1 is 1.35 bits per heavy atom. The molecule has 0 aliphatic carbocycles. The number of rotatable bonds is 5. The van der Waals surface area contributed by atoms with Gasteiger partial charge in [0, 0.05) is 18.6 Å². The maximum absolute atomic E-state index is 12.6. The molecule has 0 aromatic rings. The van der Waals surface area contributed by atoms with Gasteiger partial charge in [-0.3, -0.25) is 4.79 Å². The van der Waals surface area contributed by atoms with E-state index < -0.39 is 5.41 Å². The minimum atomic E-state index is -0.665. The SMILES string of the molecule is CCC(CC)(C(=O)NC1CCN2CCCC2C1)C(N)=S. The van der Waals surface area contributed by atoms with Crippen LogP contribution in [0.2, 0.25) is 0 Å². The van der Waals surface area contributed by atoms with Crippen molar-refractivity contribution in [1.82, 2.24) is 10.2 Å². The smallest absolute Gasteiger partial charge is 0.233 e. The van der Waals surface area contributed by atoms with E-state index in [0.717, 1.165) is 19.4 Å². The third-order valence-electron chi connectivity index (χ3n) is 5.27. The quantitative estimate of drug-likeness (QED) is 0.760. The summed E-state index contributed by atoms with van der Waals surface area (Å²) >= 11 is 5.15. The van der Waals surface area contributed by atoms with E-state index in [4.69, 9.17) is 18.0 Å². The lowest BCUT2D eigenvalue weighted by molar-refractivity contribution is -0.129. The highest BCUT2D eigenvalue weighted by Gasteiger charge is 2.40. The summed E-state index contributed by atoms with van der Waals surface area (Å²) in [5.74, 6) is 0.0337. The average Bonchev–Trinajstić information content (AvgIpc) is 2.87. The van der Waals surface area contributed by atoms with Gasteiger partial charge in [-0.25, -0.2) is 0 Å². The normalized spacial score (nSPS) is 27.1. The number of carbonyl (C=O) groups is 1. The summed E-state index contributed by atoms with van der Waals surface area (Å²) in [6.07, 6.45) is 6.04. The predicted octanol–water partition coefficient (Wildman–Crippen LogP) is 1.82. The van der Waals surface area contributed by atoms with E-state index >= 15 is 0 Å². The molecule has 2 fully saturated rings. The van der Waals surface area contributed by atoms with Crippen molar-refractivity contribution in [1.29, 1.82) is 0 Å². The minimum absolute atomic E-state index is 0.0337. The summed E-state index contributed by atoms with van der Waals surface area (Å²) in [5, 5.41) is 3.22. The molecule has 2 aliphatic rings. The molecule has 20 heavy (non-hydrogen) atoms. The van der Waals surface area contributed by atoms with Crippen molar-refractivity contribution in [2.75, 3.05) is 13.1 Å². The first kappa shape index (κ1) is 15.7. The zero-order chi connectivity index (χ0) is 14.8. The van der Waals surface area contributed by atoms with Gasteiger partial charge < -0.3 is 16.0 Å². The third kappa shape index (κ3) is 2.84. The van der Waals surface area contributed by atoms with Crippen LogP contribution in [0.1, 0.15) is 52.4 Å². The zero-order valence-electron chi connectivity index (χ0n) is 12.7. The molecule has 2 heterocycles. The Labute approximate surface area is 127 Å². The van der Waals surface area contributed by atoms with Gasteiger partial charge in [-0.2, -0.15) is 0 Å². The van der Waals surface area contributed by atoms with E-state index in [2.05, 4.69) is 10.2 Å². The Morgan fingerprint density at radius 2 is 2.05 bits per heavy atom. The molecule has 0 spiro atoms. The molecule has 4 nitrogen and oxygen atoms in total. The van der Waals surface area contributed by atoms with E-state index in [9.17, 15) is 4.79 Å². The number of hydrogen-bond donors (Lipinski definition) is 2. The van der Waals surface area contributed by atoms with Crippen molar-refractivity contribution in [3.63, 3.8) is 0 Å². The highest BCUT2D eigenvalue weighted by Crippen LogP contribution is 2.30. The maximum atomic E-state index is 12.6. The van der Waals surface area contributed by atoms with Crippen LogP contribution in [0.5, 0.6) is 0 Å². The summed E-state index contributed by atoms with van der Waals surface area (Å²) in [7, 11) is 0. The van der Waals surface area contributed by atoms with Crippen LogP contribution in [0.3, 0.4) is 0 Å². The molecule has 0 radical (unpaired) electrons. The molecular formula is C15H27N3OS. The number of hydrogen-bond acceptors (Lipinski definition) is 3. The second kappa shape index (κ2) is 6.39. The fourth-order valence-electron chi connectivity index (χ4n) is 3.71. The summed E-state index contributed by atoms with van der Waals surface area (Å²) in [5.41, 5.74) is 5.18. The molecule has 0 saturated carbocycles. The summed E-state index contributed by atoms with van der Waals surface area (Å²) < 4.78 is 0. The van der Waals surface area contributed by atoms with Crippen molar-refractivity contribution in [2.45, 2.75) is 64.5 Å². The van der Waals surface area contributed by atoms with Crippen LogP contribution in [-0.2, 0) is 4.79 Å². The van der Waals surface area contributed by atoms with Crippen LogP contribution in [0, 0.1) is 5.41 Å². The van der Waals surface area contributed by atoms with Crippen LogP contribution < -0.4 is 11.1 Å². The van der Waals surface area contributed by atoms with Gasteiger partial charge in [-0.15, -0.1) is 0 Å². The van der Waals surface area contributed by atoms with Crippen LogP contribution >= 0.6 is 12.2 Å². The maximum Gasteiger partial charge on any atom is 0.233 e. The van der Waals surface area contributed by atoms with Crippen LogP contribution in [0.4, 0.5) is 0 Å². The van der Waals surface area contributed by atoms with E-state index in [1.807, 2.05) is 13.8 Å². The van der Waals surface area contributed by atoms with Gasteiger partial charge in [-0.05, 0) is 45.1 Å². The van der Waals surface area contributed by atoms with Gasteiger partial charge in [0.25, 0.3) is 0 Å². The molecule has 1 amide bonds. The summed E-state index contributed by atoms with van der Waals surface area (Å²) in [6.45, 7) is 6.31. The Morgan fingerprint density at radius 3 is 2.65 bits per heavy atom. The lowest BCUT2D eigenvalue weighted by Crippen LogP contribution is -2.54. The fraction of sp³-hybridized carbons (Fsp3) is 0.867. The molecule has 2 aliphatic heterocycles. The van der Waals surface area contributed by atoms with Crippen molar-refractivity contribution in [3.05, 3.63) is 0 Å². The predicted molar refractivity (Wildman–Crippen MR) is 85.6 cm³/mol. The summed E-state index contributed by atoms with van der Waals surface area (Å²) in [6, 6.07) is 0.949. The van der Waals surface area contributed by atoms with Crippen LogP contribution in [-0.4, -0.2) is 41.0 Å². The van der Waals surface area contributed by atoms with E-state index in [1.165, 1.54) is 19.4 Å². The number of carbonyl (C=O) groups excluding carboxylic acids is 1. The third-order valence-corrected chi connectivity index (χ3v) is 5.66. The standard InChI is InChI=1S/C15H27N3OS/c1-3-15(4-2,13(16)20)14(19)17-11-7-9-18-8-5-6-12(18)10-11/h11-12H,3-10H2,1-2H3,(H2,16,20)(H,17,19). The lowest BCUT2D eigenvalue weighted by Gasteiger charge is -2.37. The number of nitrogens with two attached hydrogens (primary N) is 1. The van der Waals surface area contributed by atoms with Crippen LogP contribution in [0.25, 0.3) is 0 Å². The van der Waals surface area contributed by atoms with Gasteiger partial charge >= 0.3 is 0 Å². The first-order valence-corrected chi connectivity index (χ1v) is 8.29. The number of amides is 1. The van der Waals surface area contributed by atoms with Gasteiger partial charge in [0.15, 0.2) is 0 Å². The molecule has 2 unspecified atom stereocenters. The lowest BCUT2D eigenvalue weighted by atomic mass is 9.80. The molecule has 2 rings (SSSR count). The molecule has 0 aromatic heterocycles. The van der Waals surface area contributed by atoms with Crippen molar-refractivity contribution >= 4 is 23.1 Å². The first-order valence-electron chi connectivity index (χ1n) is 7.88. The van der Waals surface area contributed by atoms with E-state index in [-0.39, 0.29) is 11.9 Å². The first-order chi connectivity index (χ1) is 9.53. The Bertz CT molecular complexity index is 381.